The molecular weight excluding hydrogens is 384 g/mol. The summed E-state index contributed by atoms with van der Waals surface area (Å²) in [5, 5.41) is 0. The van der Waals surface area contributed by atoms with E-state index in [1.54, 1.807) is 60.7 Å². The summed E-state index contributed by atoms with van der Waals surface area (Å²) < 4.78 is 14.3. The van der Waals surface area contributed by atoms with Gasteiger partial charge in [0.1, 0.15) is 0 Å². The lowest BCUT2D eigenvalue weighted by Gasteiger charge is -2.11. The normalized spacial score (nSPS) is 10.2. The fraction of sp³-hybridized carbons (Fsp3) is 0.125. The van der Waals surface area contributed by atoms with Crippen molar-refractivity contribution in [1.82, 2.24) is 0 Å². The van der Waals surface area contributed by atoms with Crippen LogP contribution in [0.5, 0.6) is 0 Å². The second-order valence-corrected chi connectivity index (χ2v) is 6.43. The molecule has 0 spiro atoms. The van der Waals surface area contributed by atoms with Gasteiger partial charge >= 0.3 is 17.9 Å². The number of hydrogen-bond donors (Lipinski definition) is 0. The predicted octanol–water partition coefficient (Wildman–Crippen LogP) is 4.38. The van der Waals surface area contributed by atoms with Crippen LogP contribution in [0.25, 0.3) is 22.3 Å². The van der Waals surface area contributed by atoms with Crippen molar-refractivity contribution in [2.24, 2.45) is 0 Å². The highest BCUT2D eigenvalue weighted by atomic mass is 16.5. The van der Waals surface area contributed by atoms with Crippen molar-refractivity contribution in [2.45, 2.75) is 0 Å². The highest BCUT2D eigenvalue weighted by molar-refractivity contribution is 5.94. The first-order chi connectivity index (χ1) is 14.5. The van der Waals surface area contributed by atoms with Crippen molar-refractivity contribution in [3.8, 4) is 22.3 Å². The maximum atomic E-state index is 12.2. The third-order valence-corrected chi connectivity index (χ3v) is 4.63. The quantitative estimate of drug-likeness (QED) is 0.464. The van der Waals surface area contributed by atoms with Gasteiger partial charge in [0.15, 0.2) is 0 Å². The number of hydrogen-bond acceptors (Lipinski definition) is 6. The second-order valence-electron chi connectivity index (χ2n) is 6.43. The molecule has 0 aliphatic rings. The molecule has 0 N–H and O–H groups in total. The van der Waals surface area contributed by atoms with E-state index >= 15 is 0 Å². The van der Waals surface area contributed by atoms with Crippen molar-refractivity contribution in [1.29, 1.82) is 0 Å². The molecule has 152 valence electrons. The summed E-state index contributed by atoms with van der Waals surface area (Å²) in [6.07, 6.45) is 0. The van der Waals surface area contributed by atoms with Crippen molar-refractivity contribution in [3.63, 3.8) is 0 Å². The molecule has 6 heteroatoms. The van der Waals surface area contributed by atoms with Gasteiger partial charge in [-0.3, -0.25) is 0 Å². The molecule has 0 fully saturated rings. The average Bonchev–Trinajstić information content (AvgIpc) is 2.82. The van der Waals surface area contributed by atoms with Crippen LogP contribution in [-0.4, -0.2) is 39.2 Å². The Morgan fingerprint density at radius 1 is 0.467 bits per heavy atom. The number of carbonyl (C=O) groups is 3. The minimum absolute atomic E-state index is 0.388. The molecule has 0 aromatic heterocycles. The zero-order valence-electron chi connectivity index (χ0n) is 16.8. The van der Waals surface area contributed by atoms with Crippen LogP contribution in [0.4, 0.5) is 0 Å². The summed E-state index contributed by atoms with van der Waals surface area (Å²) in [4.78, 5) is 35.5. The van der Waals surface area contributed by atoms with Crippen LogP contribution in [0.1, 0.15) is 31.1 Å². The van der Waals surface area contributed by atoms with Crippen LogP contribution in [-0.2, 0) is 14.2 Å². The molecule has 0 aliphatic carbocycles. The Morgan fingerprint density at radius 3 is 1.13 bits per heavy atom. The second kappa shape index (κ2) is 9.05. The molecule has 0 amide bonds. The van der Waals surface area contributed by atoms with Gasteiger partial charge in [-0.05, 0) is 64.7 Å². The third kappa shape index (κ3) is 4.38. The average molecular weight is 404 g/mol. The van der Waals surface area contributed by atoms with Crippen LogP contribution < -0.4 is 0 Å². The number of carbonyl (C=O) groups excluding carboxylic acids is 3. The number of esters is 3. The van der Waals surface area contributed by atoms with Crippen molar-refractivity contribution >= 4 is 17.9 Å². The largest absolute Gasteiger partial charge is 0.465 e. The van der Waals surface area contributed by atoms with Gasteiger partial charge in [0.2, 0.25) is 0 Å². The van der Waals surface area contributed by atoms with Crippen LogP contribution in [0.2, 0.25) is 0 Å². The maximum Gasteiger partial charge on any atom is 0.337 e. The molecule has 0 heterocycles. The summed E-state index contributed by atoms with van der Waals surface area (Å²) in [5.41, 5.74) is 4.46. The van der Waals surface area contributed by atoms with Gasteiger partial charge in [0, 0.05) is 0 Å². The minimum atomic E-state index is -0.463. The van der Waals surface area contributed by atoms with E-state index in [1.807, 2.05) is 6.07 Å². The lowest BCUT2D eigenvalue weighted by atomic mass is 9.95. The Kier molecular flexibility index (Phi) is 6.27. The summed E-state index contributed by atoms with van der Waals surface area (Å²) in [5.74, 6) is -1.30. The van der Waals surface area contributed by atoms with Crippen LogP contribution in [0.15, 0.2) is 66.7 Å². The molecule has 0 saturated carbocycles. The fourth-order valence-corrected chi connectivity index (χ4v) is 3.03. The molecule has 3 rings (SSSR count). The van der Waals surface area contributed by atoms with E-state index in [-0.39, 0.29) is 0 Å². The standard InChI is InChI=1S/C24H20O6/c1-28-22(25)17-8-4-15(5-9-17)19-12-20(14-21(13-19)24(27)30-3)16-6-10-18(11-7-16)23(26)29-2/h4-14H,1-3H3. The number of rotatable bonds is 5. The number of methoxy groups -OCH3 is 3. The zero-order chi connectivity index (χ0) is 21.7. The van der Waals surface area contributed by atoms with Gasteiger partial charge in [-0.2, -0.15) is 0 Å². The molecular formula is C24H20O6. The Bertz CT molecular complexity index is 1000. The van der Waals surface area contributed by atoms with Gasteiger partial charge < -0.3 is 14.2 Å². The Balaban J connectivity index is 2.05. The van der Waals surface area contributed by atoms with E-state index in [1.165, 1.54) is 21.3 Å². The monoisotopic (exact) mass is 404 g/mol. The molecule has 0 unspecified atom stereocenters. The third-order valence-electron chi connectivity index (χ3n) is 4.63. The Hall–Kier alpha value is -3.93. The van der Waals surface area contributed by atoms with E-state index in [0.717, 1.165) is 22.3 Å². The topological polar surface area (TPSA) is 78.9 Å². The highest BCUT2D eigenvalue weighted by Gasteiger charge is 2.13. The molecule has 30 heavy (non-hydrogen) atoms. The number of ether oxygens (including phenoxy) is 3. The van der Waals surface area contributed by atoms with Gasteiger partial charge in [-0.15, -0.1) is 0 Å². The Labute approximate surface area is 174 Å². The molecule has 3 aromatic rings. The first-order valence-electron chi connectivity index (χ1n) is 9.07. The maximum absolute atomic E-state index is 12.2. The van der Waals surface area contributed by atoms with Gasteiger partial charge in [-0.1, -0.05) is 24.3 Å². The summed E-state index contributed by atoms with van der Waals surface area (Å²) >= 11 is 0. The lowest BCUT2D eigenvalue weighted by molar-refractivity contribution is 0.0592. The SMILES string of the molecule is COC(=O)c1ccc(-c2cc(C(=O)OC)cc(-c3ccc(C(=O)OC)cc3)c2)cc1. The van der Waals surface area contributed by atoms with Gasteiger partial charge in [0.25, 0.3) is 0 Å². The van der Waals surface area contributed by atoms with E-state index in [9.17, 15) is 14.4 Å². The summed E-state index contributed by atoms with van der Waals surface area (Å²) in [6, 6.07) is 19.2. The zero-order valence-corrected chi connectivity index (χ0v) is 16.8. The molecule has 0 bridgehead atoms. The van der Waals surface area contributed by atoms with Crippen molar-refractivity contribution in [2.75, 3.05) is 21.3 Å². The predicted molar refractivity (Wildman–Crippen MR) is 111 cm³/mol. The molecule has 0 aliphatic heterocycles. The molecule has 6 nitrogen and oxygen atoms in total. The van der Waals surface area contributed by atoms with Crippen LogP contribution in [0, 0.1) is 0 Å². The van der Waals surface area contributed by atoms with E-state index in [0.29, 0.717) is 16.7 Å². The first kappa shape index (κ1) is 20.8. The highest BCUT2D eigenvalue weighted by Crippen LogP contribution is 2.29. The molecule has 0 saturated heterocycles. The molecule has 3 aromatic carbocycles. The van der Waals surface area contributed by atoms with E-state index in [2.05, 4.69) is 0 Å². The van der Waals surface area contributed by atoms with E-state index in [4.69, 9.17) is 14.2 Å². The molecule has 0 radical (unpaired) electrons. The lowest BCUT2D eigenvalue weighted by Crippen LogP contribution is -2.03. The van der Waals surface area contributed by atoms with E-state index < -0.39 is 17.9 Å². The van der Waals surface area contributed by atoms with Crippen LogP contribution >= 0.6 is 0 Å². The summed E-state index contributed by atoms with van der Waals surface area (Å²) in [7, 11) is 3.98. The van der Waals surface area contributed by atoms with Crippen molar-refractivity contribution in [3.05, 3.63) is 83.4 Å². The van der Waals surface area contributed by atoms with Crippen molar-refractivity contribution < 1.29 is 28.6 Å². The summed E-state index contributed by atoms with van der Waals surface area (Å²) in [6.45, 7) is 0. The number of benzene rings is 3. The smallest absolute Gasteiger partial charge is 0.337 e. The molecule has 0 atom stereocenters. The fourth-order valence-electron chi connectivity index (χ4n) is 3.03. The van der Waals surface area contributed by atoms with Crippen LogP contribution in [0.3, 0.4) is 0 Å². The van der Waals surface area contributed by atoms with Gasteiger partial charge in [0.05, 0.1) is 38.0 Å². The first-order valence-corrected chi connectivity index (χ1v) is 9.07. The van der Waals surface area contributed by atoms with Gasteiger partial charge in [-0.25, -0.2) is 14.4 Å². The Morgan fingerprint density at radius 2 is 0.800 bits per heavy atom. The minimum Gasteiger partial charge on any atom is -0.465 e.